The van der Waals surface area contributed by atoms with Crippen LogP contribution in [0.2, 0.25) is 5.02 Å². The number of aryl methyl sites for hydroxylation is 3. The highest BCUT2D eigenvalue weighted by Crippen LogP contribution is 2.31. The van der Waals surface area contributed by atoms with Gasteiger partial charge in [-0.2, -0.15) is 0 Å². The molecule has 4 aromatic rings. The van der Waals surface area contributed by atoms with Gasteiger partial charge < -0.3 is 9.30 Å². The fraction of sp³-hybridized carbons (Fsp3) is 0.258. The lowest BCUT2D eigenvalue weighted by atomic mass is 9.96. The zero-order valence-electron chi connectivity index (χ0n) is 22.8. The van der Waals surface area contributed by atoms with Gasteiger partial charge >= 0.3 is 5.97 Å². The molecule has 0 radical (unpaired) electrons. The van der Waals surface area contributed by atoms with Gasteiger partial charge in [0.2, 0.25) is 0 Å². The molecule has 5 rings (SSSR count). The predicted octanol–water partition coefficient (Wildman–Crippen LogP) is 5.48. The van der Waals surface area contributed by atoms with Crippen LogP contribution in [0.1, 0.15) is 53.5 Å². The van der Waals surface area contributed by atoms with Crippen molar-refractivity contribution in [3.05, 3.63) is 118 Å². The Kier molecular flexibility index (Phi) is 7.23. The zero-order valence-corrected chi connectivity index (χ0v) is 24.4. The van der Waals surface area contributed by atoms with Gasteiger partial charge in [0, 0.05) is 22.1 Å². The molecule has 0 N–H and O–H groups in total. The van der Waals surface area contributed by atoms with Crippen molar-refractivity contribution < 1.29 is 9.53 Å². The van der Waals surface area contributed by atoms with E-state index in [1.807, 2.05) is 18.2 Å². The van der Waals surface area contributed by atoms with E-state index in [1.54, 1.807) is 30.5 Å². The number of ether oxygens (including phenoxy) is 1. The number of halogens is 1. The van der Waals surface area contributed by atoms with Crippen molar-refractivity contribution in [2.45, 2.75) is 47.6 Å². The van der Waals surface area contributed by atoms with Gasteiger partial charge in [-0.15, -0.1) is 0 Å². The summed E-state index contributed by atoms with van der Waals surface area (Å²) >= 11 is 7.47. The van der Waals surface area contributed by atoms with Crippen LogP contribution < -0.4 is 14.9 Å². The summed E-state index contributed by atoms with van der Waals surface area (Å²) in [5, 5.41) is 0.573. The number of esters is 1. The van der Waals surface area contributed by atoms with Gasteiger partial charge in [0.05, 0.1) is 28.5 Å². The number of fused-ring (bicyclic) bond motifs is 1. The first-order valence-corrected chi connectivity index (χ1v) is 14.0. The summed E-state index contributed by atoms with van der Waals surface area (Å²) in [6, 6.07) is 15.0. The predicted molar refractivity (Wildman–Crippen MR) is 157 cm³/mol. The molecule has 0 saturated carbocycles. The van der Waals surface area contributed by atoms with Gasteiger partial charge in [-0.25, -0.2) is 9.79 Å². The van der Waals surface area contributed by atoms with Crippen LogP contribution in [0, 0.1) is 27.7 Å². The van der Waals surface area contributed by atoms with E-state index in [9.17, 15) is 9.59 Å². The minimum atomic E-state index is -0.664. The highest BCUT2D eigenvalue weighted by atomic mass is 35.5. The topological polar surface area (TPSA) is 65.6 Å². The lowest BCUT2D eigenvalue weighted by Crippen LogP contribution is -2.39. The van der Waals surface area contributed by atoms with Gasteiger partial charge in [0.25, 0.3) is 5.56 Å². The Balaban J connectivity index is 1.68. The summed E-state index contributed by atoms with van der Waals surface area (Å²) in [5.41, 5.74) is 8.09. The second kappa shape index (κ2) is 10.5. The van der Waals surface area contributed by atoms with Crippen molar-refractivity contribution in [3.63, 3.8) is 0 Å². The van der Waals surface area contributed by atoms with Crippen molar-refractivity contribution in [2.24, 2.45) is 4.99 Å². The Bertz CT molecular complexity index is 1820. The standard InChI is InChI=1S/C31H30ClN3O3S/c1-7-38-30(37)27-20(5)33-31-35(28(27)22-9-11-24(32)12-10-22)29(36)26(39-31)16-23-15-19(4)34(21(23)6)25-13-8-17(2)18(3)14-25/h8-16,28H,7H2,1-6H3/b26-16+/t28-/m1/s1. The summed E-state index contributed by atoms with van der Waals surface area (Å²) in [6.07, 6.45) is 1.92. The lowest BCUT2D eigenvalue weighted by molar-refractivity contribution is -0.139. The Morgan fingerprint density at radius 1 is 1.05 bits per heavy atom. The van der Waals surface area contributed by atoms with Crippen LogP contribution in [-0.2, 0) is 9.53 Å². The Morgan fingerprint density at radius 3 is 2.44 bits per heavy atom. The molecule has 0 fully saturated rings. The molecule has 1 aliphatic rings. The molecule has 0 aliphatic carbocycles. The average Bonchev–Trinajstić information content (AvgIpc) is 3.35. The summed E-state index contributed by atoms with van der Waals surface area (Å²) in [5.74, 6) is -0.482. The summed E-state index contributed by atoms with van der Waals surface area (Å²) in [6.45, 7) is 12.1. The Hall–Kier alpha value is -3.68. The van der Waals surface area contributed by atoms with Crippen LogP contribution >= 0.6 is 22.9 Å². The van der Waals surface area contributed by atoms with E-state index in [4.69, 9.17) is 16.3 Å². The van der Waals surface area contributed by atoms with Crippen LogP contribution in [-0.4, -0.2) is 21.7 Å². The van der Waals surface area contributed by atoms with E-state index >= 15 is 0 Å². The quantitative estimate of drug-likeness (QED) is 0.304. The Labute approximate surface area is 236 Å². The molecule has 6 nitrogen and oxygen atoms in total. The molecule has 39 heavy (non-hydrogen) atoms. The molecule has 0 saturated heterocycles. The number of carbonyl (C=O) groups excluding carboxylic acids is 1. The highest BCUT2D eigenvalue weighted by Gasteiger charge is 2.33. The van der Waals surface area contributed by atoms with Gasteiger partial charge in [-0.3, -0.25) is 9.36 Å². The smallest absolute Gasteiger partial charge is 0.338 e. The molecule has 2 aromatic heterocycles. The zero-order chi connectivity index (χ0) is 28.0. The second-order valence-electron chi connectivity index (χ2n) is 9.78. The summed E-state index contributed by atoms with van der Waals surface area (Å²) < 4.78 is 9.72. The first-order valence-electron chi connectivity index (χ1n) is 12.8. The van der Waals surface area contributed by atoms with Crippen molar-refractivity contribution in [1.29, 1.82) is 0 Å². The van der Waals surface area contributed by atoms with Crippen LogP contribution in [0.25, 0.3) is 11.8 Å². The molecule has 0 unspecified atom stereocenters. The second-order valence-corrected chi connectivity index (χ2v) is 11.2. The molecule has 3 heterocycles. The number of aromatic nitrogens is 2. The Morgan fingerprint density at radius 2 is 1.77 bits per heavy atom. The van der Waals surface area contributed by atoms with E-state index in [1.165, 1.54) is 22.5 Å². The molecule has 0 spiro atoms. The molecular weight excluding hydrogens is 530 g/mol. The van der Waals surface area contributed by atoms with E-state index < -0.39 is 12.0 Å². The number of thiazole rings is 1. The maximum Gasteiger partial charge on any atom is 0.338 e. The van der Waals surface area contributed by atoms with Gasteiger partial charge in [-0.1, -0.05) is 41.1 Å². The minimum Gasteiger partial charge on any atom is -0.463 e. The third-order valence-corrected chi connectivity index (χ3v) is 8.44. The number of hydrogen-bond acceptors (Lipinski definition) is 5. The monoisotopic (exact) mass is 559 g/mol. The maximum absolute atomic E-state index is 13.9. The molecule has 2 aromatic carbocycles. The largest absolute Gasteiger partial charge is 0.463 e. The van der Waals surface area contributed by atoms with E-state index in [-0.39, 0.29) is 12.2 Å². The average molecular weight is 560 g/mol. The van der Waals surface area contributed by atoms with Crippen LogP contribution in [0.5, 0.6) is 0 Å². The number of carbonyl (C=O) groups is 1. The maximum atomic E-state index is 13.9. The third-order valence-electron chi connectivity index (χ3n) is 7.21. The van der Waals surface area contributed by atoms with Crippen LogP contribution in [0.3, 0.4) is 0 Å². The fourth-order valence-electron chi connectivity index (χ4n) is 5.09. The molecule has 200 valence electrons. The number of nitrogens with zero attached hydrogens (tertiary/aromatic N) is 3. The first-order chi connectivity index (χ1) is 18.6. The first kappa shape index (κ1) is 26.9. The van der Waals surface area contributed by atoms with E-state index in [0.29, 0.717) is 25.6 Å². The SMILES string of the molecule is CCOC(=O)C1=C(C)N=c2s/c(=C/c3cc(C)n(-c4ccc(C)c(C)c4)c3C)c(=O)n2[C@@H]1c1ccc(Cl)cc1. The molecule has 0 bridgehead atoms. The fourth-order valence-corrected chi connectivity index (χ4v) is 6.25. The lowest BCUT2D eigenvalue weighted by Gasteiger charge is -2.24. The molecule has 1 atom stereocenters. The van der Waals surface area contributed by atoms with E-state index in [2.05, 4.69) is 61.5 Å². The van der Waals surface area contributed by atoms with Crippen LogP contribution in [0.4, 0.5) is 0 Å². The molecular formula is C31H30ClN3O3S. The normalized spacial score (nSPS) is 15.4. The van der Waals surface area contributed by atoms with Crippen molar-refractivity contribution >= 4 is 35.0 Å². The third kappa shape index (κ3) is 4.81. The number of hydrogen-bond donors (Lipinski definition) is 0. The van der Waals surface area contributed by atoms with Gasteiger partial charge in [-0.05, 0) is 100 Å². The van der Waals surface area contributed by atoms with E-state index in [0.717, 1.165) is 28.2 Å². The summed E-state index contributed by atoms with van der Waals surface area (Å²) in [7, 11) is 0. The molecule has 1 aliphatic heterocycles. The van der Waals surface area contributed by atoms with Gasteiger partial charge in [0.15, 0.2) is 4.80 Å². The van der Waals surface area contributed by atoms with Crippen LogP contribution in [0.15, 0.2) is 69.6 Å². The highest BCUT2D eigenvalue weighted by molar-refractivity contribution is 7.07. The summed E-state index contributed by atoms with van der Waals surface area (Å²) in [4.78, 5) is 32.2. The molecule has 0 amide bonds. The number of benzene rings is 2. The van der Waals surface area contributed by atoms with Crippen molar-refractivity contribution in [3.8, 4) is 5.69 Å². The molecule has 8 heteroatoms. The number of allylic oxidation sites excluding steroid dienone is 1. The van der Waals surface area contributed by atoms with Crippen molar-refractivity contribution in [1.82, 2.24) is 9.13 Å². The van der Waals surface area contributed by atoms with Crippen molar-refractivity contribution in [2.75, 3.05) is 6.61 Å². The van der Waals surface area contributed by atoms with Gasteiger partial charge in [0.1, 0.15) is 0 Å². The number of rotatable bonds is 5. The minimum absolute atomic E-state index is 0.205.